The molecular formula is C17H13NO3. The number of carbonyl (C=O) groups is 2. The largest absolute Gasteiger partial charge is 0.478 e. The van der Waals surface area contributed by atoms with Gasteiger partial charge >= 0.3 is 5.97 Å². The number of ketones is 1. The summed E-state index contributed by atoms with van der Waals surface area (Å²) in [6.07, 6.45) is 8.92. The Morgan fingerprint density at radius 1 is 0.952 bits per heavy atom. The third-order valence-corrected chi connectivity index (χ3v) is 2.73. The van der Waals surface area contributed by atoms with E-state index in [-0.39, 0.29) is 5.78 Å². The molecule has 1 heterocycles. The minimum atomic E-state index is -0.985. The van der Waals surface area contributed by atoms with Gasteiger partial charge < -0.3 is 5.11 Å². The maximum absolute atomic E-state index is 11.9. The van der Waals surface area contributed by atoms with E-state index in [0.29, 0.717) is 5.56 Å². The summed E-state index contributed by atoms with van der Waals surface area (Å²) in [5.41, 5.74) is 2.18. The molecule has 0 radical (unpaired) electrons. The van der Waals surface area contributed by atoms with E-state index in [1.165, 1.54) is 18.3 Å². The SMILES string of the molecule is O=C(O)/C=C/c1ccc(/C=C/C(=O)c2cccnc2)cc1. The normalized spacial score (nSPS) is 11.0. The molecular weight excluding hydrogens is 266 g/mol. The predicted molar refractivity (Wildman–Crippen MR) is 80.7 cm³/mol. The summed E-state index contributed by atoms with van der Waals surface area (Å²) < 4.78 is 0. The van der Waals surface area contributed by atoms with Crippen LogP contribution < -0.4 is 0 Å². The van der Waals surface area contributed by atoms with E-state index >= 15 is 0 Å². The monoisotopic (exact) mass is 279 g/mol. The molecule has 1 aromatic heterocycles. The van der Waals surface area contributed by atoms with E-state index in [4.69, 9.17) is 5.11 Å². The number of allylic oxidation sites excluding steroid dienone is 1. The zero-order valence-corrected chi connectivity index (χ0v) is 11.1. The van der Waals surface area contributed by atoms with Crippen LogP contribution in [0.3, 0.4) is 0 Å². The Bertz CT molecular complexity index is 686. The fourth-order valence-corrected chi connectivity index (χ4v) is 1.66. The predicted octanol–water partition coefficient (Wildman–Crippen LogP) is 3.08. The van der Waals surface area contributed by atoms with Gasteiger partial charge in [-0.25, -0.2) is 4.79 Å². The van der Waals surface area contributed by atoms with Crippen molar-refractivity contribution in [1.82, 2.24) is 4.98 Å². The molecule has 2 aromatic rings. The standard InChI is InChI=1S/C17H13NO3/c19-16(15-2-1-11-18-12-15)9-7-13-3-5-14(6-4-13)8-10-17(20)21/h1-12H,(H,20,21)/b9-7+,10-8+. The van der Waals surface area contributed by atoms with Crippen molar-refractivity contribution >= 4 is 23.9 Å². The Hall–Kier alpha value is -3.01. The average Bonchev–Trinajstić information content (AvgIpc) is 2.52. The van der Waals surface area contributed by atoms with Gasteiger partial charge in [0.05, 0.1) is 0 Å². The number of carboxylic acids is 1. The molecule has 4 nitrogen and oxygen atoms in total. The summed E-state index contributed by atoms with van der Waals surface area (Å²) in [7, 11) is 0. The molecule has 1 aromatic carbocycles. The molecule has 2 rings (SSSR count). The molecule has 1 N–H and O–H groups in total. The Balaban J connectivity index is 2.05. The molecule has 0 unspecified atom stereocenters. The second kappa shape index (κ2) is 6.96. The number of carbonyl (C=O) groups excluding carboxylic acids is 1. The molecule has 0 amide bonds. The zero-order valence-electron chi connectivity index (χ0n) is 11.1. The van der Waals surface area contributed by atoms with E-state index in [1.54, 1.807) is 36.5 Å². The summed E-state index contributed by atoms with van der Waals surface area (Å²) in [5, 5.41) is 8.54. The molecule has 0 bridgehead atoms. The van der Waals surface area contributed by atoms with Crippen LogP contribution in [0, 0.1) is 0 Å². The Kier molecular flexibility index (Phi) is 4.77. The molecule has 0 aliphatic rings. The van der Waals surface area contributed by atoms with Crippen LogP contribution in [-0.4, -0.2) is 21.8 Å². The summed E-state index contributed by atoms with van der Waals surface area (Å²) in [4.78, 5) is 26.2. The van der Waals surface area contributed by atoms with Crippen molar-refractivity contribution in [3.8, 4) is 0 Å². The van der Waals surface area contributed by atoms with Crippen LogP contribution in [0.4, 0.5) is 0 Å². The van der Waals surface area contributed by atoms with Gasteiger partial charge in [-0.15, -0.1) is 0 Å². The highest BCUT2D eigenvalue weighted by molar-refractivity contribution is 6.06. The van der Waals surface area contributed by atoms with Gasteiger partial charge in [-0.3, -0.25) is 9.78 Å². The van der Waals surface area contributed by atoms with Crippen LogP contribution in [0.15, 0.2) is 60.9 Å². The number of nitrogens with zero attached hydrogens (tertiary/aromatic N) is 1. The van der Waals surface area contributed by atoms with E-state index in [9.17, 15) is 9.59 Å². The highest BCUT2D eigenvalue weighted by atomic mass is 16.4. The third-order valence-electron chi connectivity index (χ3n) is 2.73. The van der Waals surface area contributed by atoms with Crippen molar-refractivity contribution in [2.24, 2.45) is 0 Å². The zero-order chi connectivity index (χ0) is 15.1. The molecule has 0 aliphatic carbocycles. The fraction of sp³-hybridized carbons (Fsp3) is 0. The Morgan fingerprint density at radius 3 is 2.10 bits per heavy atom. The molecule has 0 saturated carbocycles. The van der Waals surface area contributed by atoms with Crippen LogP contribution in [-0.2, 0) is 4.79 Å². The van der Waals surface area contributed by atoms with Crippen molar-refractivity contribution in [3.05, 3.63) is 77.6 Å². The molecule has 0 saturated heterocycles. The van der Waals surface area contributed by atoms with Crippen LogP contribution in [0.1, 0.15) is 21.5 Å². The Morgan fingerprint density at radius 2 is 1.57 bits per heavy atom. The maximum atomic E-state index is 11.9. The lowest BCUT2D eigenvalue weighted by Gasteiger charge is -1.96. The van der Waals surface area contributed by atoms with Gasteiger partial charge in [-0.2, -0.15) is 0 Å². The molecule has 0 spiro atoms. The number of hydrogen-bond acceptors (Lipinski definition) is 3. The number of carboxylic acid groups (broad SMARTS) is 1. The quantitative estimate of drug-likeness (QED) is 0.674. The second-order valence-electron chi connectivity index (χ2n) is 4.28. The van der Waals surface area contributed by atoms with Gasteiger partial charge in [-0.1, -0.05) is 30.3 Å². The van der Waals surface area contributed by atoms with Gasteiger partial charge in [0, 0.05) is 24.0 Å². The first kappa shape index (κ1) is 14.4. The van der Waals surface area contributed by atoms with Gasteiger partial charge in [0.25, 0.3) is 0 Å². The fourth-order valence-electron chi connectivity index (χ4n) is 1.66. The molecule has 21 heavy (non-hydrogen) atoms. The first-order valence-electron chi connectivity index (χ1n) is 6.29. The van der Waals surface area contributed by atoms with Crippen LogP contribution in [0.5, 0.6) is 0 Å². The third kappa shape index (κ3) is 4.54. The van der Waals surface area contributed by atoms with E-state index < -0.39 is 5.97 Å². The van der Waals surface area contributed by atoms with Gasteiger partial charge in [0.1, 0.15) is 0 Å². The molecule has 0 aliphatic heterocycles. The lowest BCUT2D eigenvalue weighted by atomic mass is 10.1. The topological polar surface area (TPSA) is 67.3 Å². The minimum absolute atomic E-state index is 0.113. The lowest BCUT2D eigenvalue weighted by molar-refractivity contribution is -0.131. The van der Waals surface area contributed by atoms with E-state index in [0.717, 1.165) is 17.2 Å². The second-order valence-corrected chi connectivity index (χ2v) is 4.28. The molecule has 0 atom stereocenters. The molecule has 0 fully saturated rings. The summed E-state index contributed by atoms with van der Waals surface area (Å²) in [6, 6.07) is 10.6. The first-order valence-corrected chi connectivity index (χ1v) is 6.29. The highest BCUT2D eigenvalue weighted by Gasteiger charge is 2.00. The number of aromatic nitrogens is 1. The van der Waals surface area contributed by atoms with Crippen molar-refractivity contribution < 1.29 is 14.7 Å². The summed E-state index contributed by atoms with van der Waals surface area (Å²) >= 11 is 0. The van der Waals surface area contributed by atoms with Crippen molar-refractivity contribution in [2.45, 2.75) is 0 Å². The maximum Gasteiger partial charge on any atom is 0.328 e. The van der Waals surface area contributed by atoms with Gasteiger partial charge in [-0.05, 0) is 35.4 Å². The first-order chi connectivity index (χ1) is 10.1. The average molecular weight is 279 g/mol. The summed E-state index contributed by atoms with van der Waals surface area (Å²) in [6.45, 7) is 0. The van der Waals surface area contributed by atoms with E-state index in [1.807, 2.05) is 12.1 Å². The number of benzene rings is 1. The smallest absolute Gasteiger partial charge is 0.328 e. The molecule has 104 valence electrons. The van der Waals surface area contributed by atoms with Crippen LogP contribution in [0.25, 0.3) is 12.2 Å². The number of aliphatic carboxylic acids is 1. The minimum Gasteiger partial charge on any atom is -0.478 e. The van der Waals surface area contributed by atoms with Gasteiger partial charge in [0.15, 0.2) is 5.78 Å². The number of rotatable bonds is 5. The van der Waals surface area contributed by atoms with Crippen molar-refractivity contribution in [2.75, 3.05) is 0 Å². The summed E-state index contributed by atoms with van der Waals surface area (Å²) in [5.74, 6) is -1.10. The highest BCUT2D eigenvalue weighted by Crippen LogP contribution is 2.09. The molecule has 4 heteroatoms. The van der Waals surface area contributed by atoms with E-state index in [2.05, 4.69) is 4.98 Å². The Labute approximate surface area is 122 Å². The van der Waals surface area contributed by atoms with Crippen LogP contribution >= 0.6 is 0 Å². The van der Waals surface area contributed by atoms with Gasteiger partial charge in [0.2, 0.25) is 0 Å². The van der Waals surface area contributed by atoms with Crippen LogP contribution in [0.2, 0.25) is 0 Å². The van der Waals surface area contributed by atoms with Crippen molar-refractivity contribution in [3.63, 3.8) is 0 Å². The van der Waals surface area contributed by atoms with Crippen molar-refractivity contribution in [1.29, 1.82) is 0 Å². The lowest BCUT2D eigenvalue weighted by Crippen LogP contribution is -1.93. The number of pyridine rings is 1. The number of hydrogen-bond donors (Lipinski definition) is 1.